The van der Waals surface area contributed by atoms with Crippen molar-refractivity contribution < 1.29 is 4.74 Å². The van der Waals surface area contributed by atoms with Gasteiger partial charge >= 0.3 is 0 Å². The summed E-state index contributed by atoms with van der Waals surface area (Å²) in [5.41, 5.74) is 3.84. The third-order valence-corrected chi connectivity index (χ3v) is 3.90. The molecule has 0 atom stereocenters. The average molecular weight is 291 g/mol. The second-order valence-corrected chi connectivity index (χ2v) is 6.06. The Morgan fingerprint density at radius 2 is 1.48 bits per heavy atom. The van der Waals surface area contributed by atoms with Crippen molar-refractivity contribution in [1.29, 1.82) is 0 Å². The van der Waals surface area contributed by atoms with Gasteiger partial charge in [-0.2, -0.15) is 0 Å². The topological polar surface area (TPSA) is 21.3 Å². The first-order valence-electron chi connectivity index (χ1n) is 8.56. The van der Waals surface area contributed by atoms with Gasteiger partial charge in [-0.3, -0.25) is 0 Å². The lowest BCUT2D eigenvalue weighted by atomic mass is 10.1. The Morgan fingerprint density at radius 1 is 0.905 bits per heavy atom. The highest BCUT2D eigenvalue weighted by Crippen LogP contribution is 2.25. The van der Waals surface area contributed by atoms with Gasteiger partial charge in [0.2, 0.25) is 0 Å². The van der Waals surface area contributed by atoms with Gasteiger partial charge in [0.1, 0.15) is 5.75 Å². The zero-order valence-corrected chi connectivity index (χ0v) is 14.4. The Labute approximate surface area is 131 Å². The van der Waals surface area contributed by atoms with Gasteiger partial charge in [0.05, 0.1) is 6.61 Å². The Balaban J connectivity index is 2.29. The molecule has 1 N–H and O–H groups in total. The van der Waals surface area contributed by atoms with E-state index in [0.717, 1.165) is 18.9 Å². The second kappa shape index (κ2) is 10.7. The number of ether oxygens (including phenoxy) is 1. The maximum atomic E-state index is 6.01. The van der Waals surface area contributed by atoms with Gasteiger partial charge in [-0.25, -0.2) is 0 Å². The average Bonchev–Trinajstić information content (AvgIpc) is 2.44. The maximum absolute atomic E-state index is 6.01. The summed E-state index contributed by atoms with van der Waals surface area (Å²) >= 11 is 0. The molecule has 0 aliphatic rings. The Hall–Kier alpha value is -1.02. The van der Waals surface area contributed by atoms with Gasteiger partial charge in [-0.1, -0.05) is 57.6 Å². The molecule has 0 aromatic heterocycles. The number of benzene rings is 1. The minimum Gasteiger partial charge on any atom is -0.493 e. The molecule has 2 heteroatoms. The Bertz CT molecular complexity index is 378. The Kier molecular flexibility index (Phi) is 9.16. The molecule has 0 aliphatic heterocycles. The molecule has 0 bridgehead atoms. The van der Waals surface area contributed by atoms with Crippen LogP contribution in [0, 0.1) is 13.8 Å². The summed E-state index contributed by atoms with van der Waals surface area (Å²) in [6, 6.07) is 4.45. The van der Waals surface area contributed by atoms with E-state index < -0.39 is 0 Å². The molecular formula is C19H33NO. The van der Waals surface area contributed by atoms with E-state index in [1.54, 1.807) is 0 Å². The van der Waals surface area contributed by atoms with Gasteiger partial charge in [0.25, 0.3) is 0 Å². The third kappa shape index (κ3) is 6.99. The lowest BCUT2D eigenvalue weighted by molar-refractivity contribution is 0.300. The fourth-order valence-corrected chi connectivity index (χ4v) is 2.81. The van der Waals surface area contributed by atoms with Crippen molar-refractivity contribution in [3.8, 4) is 5.75 Å². The standard InChI is InChI=1S/C19H33NO/c1-5-6-7-8-9-10-11-12-21-19-16(2)13-18(15-20-4)14-17(19)3/h13-14,20H,5-12,15H2,1-4H3. The van der Waals surface area contributed by atoms with Crippen molar-refractivity contribution in [3.05, 3.63) is 28.8 Å². The summed E-state index contributed by atoms with van der Waals surface area (Å²) in [7, 11) is 1.98. The number of aryl methyl sites for hydroxylation is 2. The molecule has 0 saturated carbocycles. The van der Waals surface area contributed by atoms with E-state index in [4.69, 9.17) is 4.74 Å². The van der Waals surface area contributed by atoms with Crippen LogP contribution in [0.2, 0.25) is 0 Å². The van der Waals surface area contributed by atoms with Crippen molar-refractivity contribution in [1.82, 2.24) is 5.32 Å². The van der Waals surface area contributed by atoms with E-state index in [1.807, 2.05) is 7.05 Å². The number of hydrogen-bond acceptors (Lipinski definition) is 2. The van der Waals surface area contributed by atoms with Crippen LogP contribution >= 0.6 is 0 Å². The quantitative estimate of drug-likeness (QED) is 0.569. The van der Waals surface area contributed by atoms with E-state index >= 15 is 0 Å². The highest BCUT2D eigenvalue weighted by atomic mass is 16.5. The van der Waals surface area contributed by atoms with Crippen molar-refractivity contribution in [3.63, 3.8) is 0 Å². The van der Waals surface area contributed by atoms with Crippen LogP contribution in [-0.2, 0) is 6.54 Å². The molecule has 0 spiro atoms. The van der Waals surface area contributed by atoms with E-state index in [2.05, 4.69) is 38.2 Å². The molecule has 0 aliphatic carbocycles. The zero-order valence-electron chi connectivity index (χ0n) is 14.4. The monoisotopic (exact) mass is 291 g/mol. The van der Waals surface area contributed by atoms with Crippen LogP contribution in [-0.4, -0.2) is 13.7 Å². The first-order chi connectivity index (χ1) is 10.2. The first kappa shape index (κ1) is 18.0. The summed E-state index contributed by atoms with van der Waals surface area (Å²) < 4.78 is 6.01. The summed E-state index contributed by atoms with van der Waals surface area (Å²) in [6.07, 6.45) is 9.29. The summed E-state index contributed by atoms with van der Waals surface area (Å²) in [4.78, 5) is 0. The van der Waals surface area contributed by atoms with E-state index in [1.165, 1.54) is 61.6 Å². The van der Waals surface area contributed by atoms with Crippen LogP contribution in [0.4, 0.5) is 0 Å². The molecule has 1 aromatic rings. The predicted molar refractivity (Wildman–Crippen MR) is 92.2 cm³/mol. The maximum Gasteiger partial charge on any atom is 0.125 e. The van der Waals surface area contributed by atoms with Crippen LogP contribution in [0.3, 0.4) is 0 Å². The van der Waals surface area contributed by atoms with Crippen molar-refractivity contribution in [2.24, 2.45) is 0 Å². The lowest BCUT2D eigenvalue weighted by Gasteiger charge is -2.14. The van der Waals surface area contributed by atoms with Gasteiger partial charge in [-0.05, 0) is 44.0 Å². The fourth-order valence-electron chi connectivity index (χ4n) is 2.81. The molecule has 0 saturated heterocycles. The van der Waals surface area contributed by atoms with Crippen molar-refractivity contribution in [2.45, 2.75) is 72.3 Å². The van der Waals surface area contributed by atoms with Crippen molar-refractivity contribution in [2.75, 3.05) is 13.7 Å². The van der Waals surface area contributed by atoms with Crippen LogP contribution in [0.5, 0.6) is 5.75 Å². The van der Waals surface area contributed by atoms with Gasteiger partial charge < -0.3 is 10.1 Å². The summed E-state index contributed by atoms with van der Waals surface area (Å²) in [6.45, 7) is 8.32. The van der Waals surface area contributed by atoms with E-state index in [9.17, 15) is 0 Å². The molecule has 0 heterocycles. The lowest BCUT2D eigenvalue weighted by Crippen LogP contribution is -2.07. The first-order valence-corrected chi connectivity index (χ1v) is 8.56. The minimum absolute atomic E-state index is 0.848. The van der Waals surface area contributed by atoms with Gasteiger partial charge in [0, 0.05) is 6.54 Å². The smallest absolute Gasteiger partial charge is 0.125 e. The molecular weight excluding hydrogens is 258 g/mol. The molecule has 0 unspecified atom stereocenters. The minimum atomic E-state index is 0.848. The Morgan fingerprint density at radius 3 is 2.05 bits per heavy atom. The number of nitrogens with one attached hydrogen (secondary N) is 1. The predicted octanol–water partition coefficient (Wildman–Crippen LogP) is 5.15. The third-order valence-electron chi connectivity index (χ3n) is 3.90. The van der Waals surface area contributed by atoms with Crippen molar-refractivity contribution >= 4 is 0 Å². The number of rotatable bonds is 11. The molecule has 1 rings (SSSR count). The molecule has 1 aromatic carbocycles. The summed E-state index contributed by atoms with van der Waals surface area (Å²) in [5.74, 6) is 1.08. The number of unbranched alkanes of at least 4 members (excludes halogenated alkanes) is 6. The fraction of sp³-hybridized carbons (Fsp3) is 0.684. The summed E-state index contributed by atoms with van der Waals surface area (Å²) in [5, 5.41) is 3.20. The second-order valence-electron chi connectivity index (χ2n) is 6.06. The normalized spacial score (nSPS) is 10.9. The van der Waals surface area contributed by atoms with Crippen LogP contribution in [0.1, 0.15) is 68.6 Å². The molecule has 2 nitrogen and oxygen atoms in total. The largest absolute Gasteiger partial charge is 0.493 e. The molecule has 21 heavy (non-hydrogen) atoms. The molecule has 120 valence electrons. The van der Waals surface area contributed by atoms with Crippen LogP contribution in [0.15, 0.2) is 12.1 Å². The van der Waals surface area contributed by atoms with E-state index in [-0.39, 0.29) is 0 Å². The van der Waals surface area contributed by atoms with Crippen LogP contribution < -0.4 is 10.1 Å². The van der Waals surface area contributed by atoms with E-state index in [0.29, 0.717) is 0 Å². The molecule has 0 fully saturated rings. The highest BCUT2D eigenvalue weighted by Gasteiger charge is 2.06. The molecule has 0 amide bonds. The highest BCUT2D eigenvalue weighted by molar-refractivity contribution is 5.43. The zero-order chi connectivity index (χ0) is 15.5. The SMILES string of the molecule is CCCCCCCCCOc1c(C)cc(CNC)cc1C. The molecule has 0 radical (unpaired) electrons. The van der Waals surface area contributed by atoms with Gasteiger partial charge in [0.15, 0.2) is 0 Å². The van der Waals surface area contributed by atoms with Gasteiger partial charge in [-0.15, -0.1) is 0 Å². The van der Waals surface area contributed by atoms with Crippen LogP contribution in [0.25, 0.3) is 0 Å². The number of hydrogen-bond donors (Lipinski definition) is 1.